The predicted molar refractivity (Wildman–Crippen MR) is 65.4 cm³/mol. The Kier molecular flexibility index (Phi) is 2.77. The molecule has 3 nitrogen and oxygen atoms in total. The molecule has 0 amide bonds. The second-order valence-electron chi connectivity index (χ2n) is 3.60. The number of methoxy groups -OCH3 is 1. The van der Waals surface area contributed by atoms with Crippen LogP contribution in [0.15, 0.2) is 36.4 Å². The second kappa shape index (κ2) is 4.23. The Hall–Kier alpha value is -2.03. The van der Waals surface area contributed by atoms with E-state index in [1.54, 1.807) is 7.11 Å². The van der Waals surface area contributed by atoms with Crippen LogP contribution in [-0.4, -0.2) is 12.1 Å². The maximum atomic E-state index is 5.63. The number of nitrogens with two attached hydrogens (primary N) is 1. The maximum Gasteiger partial charge on any atom is 0.123 e. The first kappa shape index (κ1) is 10.5. The number of ether oxygens (including phenoxy) is 1. The summed E-state index contributed by atoms with van der Waals surface area (Å²) in [5.41, 5.74) is 8.71. The van der Waals surface area contributed by atoms with E-state index in [9.17, 15) is 0 Å². The monoisotopic (exact) mass is 214 g/mol. The molecule has 0 aliphatic heterocycles. The van der Waals surface area contributed by atoms with Gasteiger partial charge in [-0.25, -0.2) is 4.98 Å². The van der Waals surface area contributed by atoms with Gasteiger partial charge in [-0.15, -0.1) is 0 Å². The summed E-state index contributed by atoms with van der Waals surface area (Å²) in [4.78, 5) is 4.24. The van der Waals surface area contributed by atoms with Gasteiger partial charge in [-0.2, -0.15) is 0 Å². The van der Waals surface area contributed by atoms with Gasteiger partial charge < -0.3 is 10.5 Å². The molecule has 0 aliphatic rings. The van der Waals surface area contributed by atoms with Crippen molar-refractivity contribution in [3.05, 3.63) is 42.1 Å². The van der Waals surface area contributed by atoms with E-state index in [-0.39, 0.29) is 0 Å². The Labute approximate surface area is 94.9 Å². The van der Waals surface area contributed by atoms with Gasteiger partial charge in [0.05, 0.1) is 7.11 Å². The van der Waals surface area contributed by atoms with Crippen LogP contribution >= 0.6 is 0 Å². The molecule has 2 aromatic rings. The Morgan fingerprint density at radius 3 is 2.69 bits per heavy atom. The number of benzene rings is 1. The lowest BCUT2D eigenvalue weighted by Crippen LogP contribution is -1.94. The molecule has 0 radical (unpaired) electrons. The average molecular weight is 214 g/mol. The van der Waals surface area contributed by atoms with Crippen LogP contribution in [-0.2, 0) is 0 Å². The molecule has 0 saturated heterocycles. The molecule has 0 fully saturated rings. The lowest BCUT2D eigenvalue weighted by atomic mass is 10.0. The Balaban J connectivity index is 2.49. The summed E-state index contributed by atoms with van der Waals surface area (Å²) in [7, 11) is 1.66. The van der Waals surface area contributed by atoms with Crippen LogP contribution < -0.4 is 10.5 Å². The van der Waals surface area contributed by atoms with E-state index in [0.717, 1.165) is 22.6 Å². The summed E-state index contributed by atoms with van der Waals surface area (Å²) in [6.07, 6.45) is 0. The number of aryl methyl sites for hydroxylation is 1. The molecule has 0 atom stereocenters. The standard InChI is InChI=1S/C13H14N2O/c1-9-12(6-7-13(14)15-9)10-4-3-5-11(8-10)16-2/h3-8H,1-2H3,(H2,14,15). The normalized spacial score (nSPS) is 10.1. The fourth-order valence-corrected chi connectivity index (χ4v) is 1.68. The van der Waals surface area contributed by atoms with Crippen LogP contribution in [0.1, 0.15) is 5.69 Å². The van der Waals surface area contributed by atoms with Crippen molar-refractivity contribution in [2.45, 2.75) is 6.92 Å². The van der Waals surface area contributed by atoms with E-state index < -0.39 is 0 Å². The van der Waals surface area contributed by atoms with Gasteiger partial charge in [-0.05, 0) is 36.8 Å². The smallest absolute Gasteiger partial charge is 0.123 e. The topological polar surface area (TPSA) is 48.1 Å². The predicted octanol–water partition coefficient (Wildman–Crippen LogP) is 2.65. The van der Waals surface area contributed by atoms with Crippen LogP contribution in [0.4, 0.5) is 5.82 Å². The number of anilines is 1. The van der Waals surface area contributed by atoms with Crippen molar-refractivity contribution in [3.63, 3.8) is 0 Å². The lowest BCUT2D eigenvalue weighted by Gasteiger charge is -2.07. The van der Waals surface area contributed by atoms with Crippen LogP contribution in [0.5, 0.6) is 5.75 Å². The third-order valence-electron chi connectivity index (χ3n) is 2.49. The highest BCUT2D eigenvalue weighted by Gasteiger charge is 2.04. The Bertz CT molecular complexity index is 509. The zero-order chi connectivity index (χ0) is 11.5. The molecule has 0 bridgehead atoms. The molecule has 16 heavy (non-hydrogen) atoms. The first-order valence-corrected chi connectivity index (χ1v) is 5.08. The van der Waals surface area contributed by atoms with E-state index in [1.165, 1.54) is 0 Å². The Morgan fingerprint density at radius 2 is 2.00 bits per heavy atom. The molecule has 3 heteroatoms. The summed E-state index contributed by atoms with van der Waals surface area (Å²) in [5, 5.41) is 0. The van der Waals surface area contributed by atoms with Crippen molar-refractivity contribution >= 4 is 5.82 Å². The highest BCUT2D eigenvalue weighted by molar-refractivity contribution is 5.68. The fraction of sp³-hybridized carbons (Fsp3) is 0.154. The van der Waals surface area contributed by atoms with Crippen LogP contribution in [0.25, 0.3) is 11.1 Å². The largest absolute Gasteiger partial charge is 0.497 e. The summed E-state index contributed by atoms with van der Waals surface area (Å²) in [6, 6.07) is 11.7. The highest BCUT2D eigenvalue weighted by Crippen LogP contribution is 2.26. The van der Waals surface area contributed by atoms with Crippen molar-refractivity contribution in [1.82, 2.24) is 4.98 Å². The van der Waals surface area contributed by atoms with E-state index in [0.29, 0.717) is 5.82 Å². The van der Waals surface area contributed by atoms with Gasteiger partial charge >= 0.3 is 0 Å². The zero-order valence-electron chi connectivity index (χ0n) is 9.40. The fourth-order valence-electron chi connectivity index (χ4n) is 1.68. The van der Waals surface area contributed by atoms with Crippen LogP contribution in [0.3, 0.4) is 0 Å². The third-order valence-corrected chi connectivity index (χ3v) is 2.49. The van der Waals surface area contributed by atoms with Crippen molar-refractivity contribution in [2.75, 3.05) is 12.8 Å². The second-order valence-corrected chi connectivity index (χ2v) is 3.60. The minimum atomic E-state index is 0.546. The lowest BCUT2D eigenvalue weighted by molar-refractivity contribution is 0.415. The van der Waals surface area contributed by atoms with Crippen molar-refractivity contribution < 1.29 is 4.74 Å². The van der Waals surface area contributed by atoms with Gasteiger partial charge in [0.2, 0.25) is 0 Å². The van der Waals surface area contributed by atoms with E-state index in [2.05, 4.69) is 4.98 Å². The van der Waals surface area contributed by atoms with Crippen molar-refractivity contribution in [2.24, 2.45) is 0 Å². The molecule has 1 aromatic carbocycles. The molecule has 82 valence electrons. The van der Waals surface area contributed by atoms with Gasteiger partial charge in [0.25, 0.3) is 0 Å². The molecule has 2 rings (SSSR count). The molecule has 0 aliphatic carbocycles. The van der Waals surface area contributed by atoms with Gasteiger partial charge in [-0.1, -0.05) is 12.1 Å². The summed E-state index contributed by atoms with van der Waals surface area (Å²) in [6.45, 7) is 1.95. The highest BCUT2D eigenvalue weighted by atomic mass is 16.5. The number of rotatable bonds is 2. The number of nitrogens with zero attached hydrogens (tertiary/aromatic N) is 1. The first-order valence-electron chi connectivity index (χ1n) is 5.08. The number of hydrogen-bond acceptors (Lipinski definition) is 3. The maximum absolute atomic E-state index is 5.63. The van der Waals surface area contributed by atoms with Gasteiger partial charge in [0.15, 0.2) is 0 Å². The van der Waals surface area contributed by atoms with E-state index in [4.69, 9.17) is 10.5 Å². The van der Waals surface area contributed by atoms with E-state index >= 15 is 0 Å². The molecular weight excluding hydrogens is 200 g/mol. The van der Waals surface area contributed by atoms with Crippen LogP contribution in [0, 0.1) is 6.92 Å². The molecular formula is C13H14N2O. The molecule has 0 spiro atoms. The molecule has 1 aromatic heterocycles. The van der Waals surface area contributed by atoms with Crippen molar-refractivity contribution in [1.29, 1.82) is 0 Å². The summed E-state index contributed by atoms with van der Waals surface area (Å²) in [5.74, 6) is 1.39. The van der Waals surface area contributed by atoms with Gasteiger partial charge in [-0.3, -0.25) is 0 Å². The van der Waals surface area contributed by atoms with Crippen LogP contribution in [0.2, 0.25) is 0 Å². The molecule has 0 unspecified atom stereocenters. The SMILES string of the molecule is COc1cccc(-c2ccc(N)nc2C)c1. The van der Waals surface area contributed by atoms with Gasteiger partial charge in [0, 0.05) is 11.3 Å². The van der Waals surface area contributed by atoms with Crippen molar-refractivity contribution in [3.8, 4) is 16.9 Å². The number of nitrogen functional groups attached to an aromatic ring is 1. The minimum Gasteiger partial charge on any atom is -0.497 e. The molecule has 0 saturated carbocycles. The first-order chi connectivity index (χ1) is 7.70. The zero-order valence-corrected chi connectivity index (χ0v) is 9.40. The van der Waals surface area contributed by atoms with Gasteiger partial charge in [0.1, 0.15) is 11.6 Å². The third kappa shape index (κ3) is 1.98. The minimum absolute atomic E-state index is 0.546. The molecule has 2 N–H and O–H groups in total. The number of pyridine rings is 1. The number of aromatic nitrogens is 1. The number of hydrogen-bond donors (Lipinski definition) is 1. The molecule has 1 heterocycles. The summed E-state index contributed by atoms with van der Waals surface area (Å²) < 4.78 is 5.19. The quantitative estimate of drug-likeness (QED) is 0.836. The Morgan fingerprint density at radius 1 is 1.19 bits per heavy atom. The summed E-state index contributed by atoms with van der Waals surface area (Å²) >= 11 is 0. The average Bonchev–Trinajstić information content (AvgIpc) is 2.29. The van der Waals surface area contributed by atoms with E-state index in [1.807, 2.05) is 43.3 Å².